The number of halogens is 1. The maximum absolute atomic E-state index is 13.6. The predicted molar refractivity (Wildman–Crippen MR) is 164 cm³/mol. The second kappa shape index (κ2) is 12.8. The quantitative estimate of drug-likeness (QED) is 0.107. The highest BCUT2D eigenvalue weighted by atomic mass is 79.9. The van der Waals surface area contributed by atoms with E-state index in [1.54, 1.807) is 30.2 Å². The number of carbonyl (C=O) groups is 1. The fraction of sp³-hybridized carbons (Fsp3) is 0.0968. The lowest BCUT2D eigenvalue weighted by Gasteiger charge is -2.16. The van der Waals surface area contributed by atoms with Gasteiger partial charge in [0.15, 0.2) is 5.17 Å². The maximum Gasteiger partial charge on any atom is 0.269 e. The Kier molecular flexibility index (Phi) is 8.81. The molecule has 206 valence electrons. The van der Waals surface area contributed by atoms with Crippen LogP contribution in [-0.4, -0.2) is 28.0 Å². The monoisotopic (exact) mass is 629 g/mol. The molecule has 0 radical (unpaired) electrons. The summed E-state index contributed by atoms with van der Waals surface area (Å²) >= 11 is 4.87. The van der Waals surface area contributed by atoms with E-state index in [0.717, 1.165) is 22.6 Å². The zero-order valence-electron chi connectivity index (χ0n) is 21.9. The SMILES string of the molecule is COc1ccc(CN2C(=O)/C(=C/c3ccc(OCc4cccc([N+](=O)[O-])c4)c(Br)c3)SC2=Nc2ccccc2)cc1. The predicted octanol–water partition coefficient (Wildman–Crippen LogP) is 7.75. The van der Waals surface area contributed by atoms with Crippen LogP contribution in [0.15, 0.2) is 111 Å². The molecule has 0 bridgehead atoms. The van der Waals surface area contributed by atoms with Gasteiger partial charge in [-0.2, -0.15) is 0 Å². The van der Waals surface area contributed by atoms with Crippen LogP contribution in [0.3, 0.4) is 0 Å². The van der Waals surface area contributed by atoms with E-state index in [-0.39, 0.29) is 18.2 Å². The van der Waals surface area contributed by atoms with E-state index in [2.05, 4.69) is 15.9 Å². The van der Waals surface area contributed by atoms with Gasteiger partial charge >= 0.3 is 0 Å². The maximum atomic E-state index is 13.6. The smallest absolute Gasteiger partial charge is 0.269 e. The summed E-state index contributed by atoms with van der Waals surface area (Å²) in [5, 5.41) is 11.6. The molecule has 5 rings (SSSR count). The zero-order valence-corrected chi connectivity index (χ0v) is 24.3. The number of ether oxygens (including phenoxy) is 2. The summed E-state index contributed by atoms with van der Waals surface area (Å²) in [6.45, 7) is 0.543. The van der Waals surface area contributed by atoms with Crippen LogP contribution >= 0.6 is 27.7 Å². The third-order valence-corrected chi connectivity index (χ3v) is 7.76. The standard InChI is InChI=1S/C31H24BrN3O5S/c1-39-26-13-10-21(11-14-26)19-34-30(36)29(41-31(34)33-24-7-3-2-4-8-24)18-22-12-15-28(27(32)17-22)40-20-23-6-5-9-25(16-23)35(37)38/h2-18H,19-20H2,1H3/b29-18-,33-31?. The lowest BCUT2D eigenvalue weighted by atomic mass is 10.2. The summed E-state index contributed by atoms with van der Waals surface area (Å²) in [6, 6.07) is 29.0. The van der Waals surface area contributed by atoms with Gasteiger partial charge in [0.05, 0.1) is 33.6 Å². The van der Waals surface area contributed by atoms with Gasteiger partial charge in [0.1, 0.15) is 18.1 Å². The lowest BCUT2D eigenvalue weighted by Crippen LogP contribution is -2.28. The van der Waals surface area contributed by atoms with E-state index >= 15 is 0 Å². The number of para-hydroxylation sites is 1. The second-order valence-electron chi connectivity index (χ2n) is 8.99. The molecule has 1 aliphatic heterocycles. The van der Waals surface area contributed by atoms with Crippen LogP contribution < -0.4 is 9.47 Å². The largest absolute Gasteiger partial charge is 0.497 e. The van der Waals surface area contributed by atoms with Crippen molar-refractivity contribution in [1.82, 2.24) is 4.90 Å². The molecule has 0 aromatic heterocycles. The molecule has 4 aromatic rings. The number of aliphatic imine (C=N–C) groups is 1. The molecule has 8 nitrogen and oxygen atoms in total. The van der Waals surface area contributed by atoms with Crippen molar-refractivity contribution in [3.8, 4) is 11.5 Å². The molecule has 0 N–H and O–H groups in total. The van der Waals surface area contributed by atoms with Gasteiger partial charge in [0.25, 0.3) is 11.6 Å². The van der Waals surface area contributed by atoms with E-state index in [0.29, 0.717) is 32.4 Å². The fourth-order valence-electron chi connectivity index (χ4n) is 4.05. The van der Waals surface area contributed by atoms with Crippen molar-refractivity contribution < 1.29 is 19.2 Å². The summed E-state index contributed by atoms with van der Waals surface area (Å²) in [4.78, 5) is 31.2. The van der Waals surface area contributed by atoms with E-state index in [1.165, 1.54) is 23.9 Å². The minimum absolute atomic E-state index is 0.0158. The molecular formula is C31H24BrN3O5S. The van der Waals surface area contributed by atoms with Gasteiger partial charge < -0.3 is 9.47 Å². The number of rotatable bonds is 9. The zero-order chi connectivity index (χ0) is 28.8. The Morgan fingerprint density at radius 3 is 2.46 bits per heavy atom. The van der Waals surface area contributed by atoms with Gasteiger partial charge in [-0.3, -0.25) is 19.8 Å². The number of nitro groups is 1. The molecule has 1 aliphatic rings. The number of carbonyl (C=O) groups excluding carboxylic acids is 1. The van der Waals surface area contributed by atoms with Crippen LogP contribution in [0, 0.1) is 10.1 Å². The van der Waals surface area contributed by atoms with Crippen molar-refractivity contribution in [1.29, 1.82) is 0 Å². The van der Waals surface area contributed by atoms with Gasteiger partial charge in [-0.25, -0.2) is 4.99 Å². The Morgan fingerprint density at radius 1 is 0.976 bits per heavy atom. The molecule has 10 heteroatoms. The van der Waals surface area contributed by atoms with Gasteiger partial charge in [0.2, 0.25) is 0 Å². The Balaban J connectivity index is 1.36. The topological polar surface area (TPSA) is 94.3 Å². The van der Waals surface area contributed by atoms with Gasteiger partial charge in [-0.15, -0.1) is 0 Å². The number of methoxy groups -OCH3 is 1. The Bertz CT molecular complexity index is 1640. The Hall–Kier alpha value is -4.41. The third-order valence-electron chi connectivity index (χ3n) is 6.14. The highest BCUT2D eigenvalue weighted by Crippen LogP contribution is 2.36. The number of amidine groups is 1. The van der Waals surface area contributed by atoms with Crippen LogP contribution in [0.4, 0.5) is 11.4 Å². The number of benzene rings is 4. The molecular weight excluding hydrogens is 606 g/mol. The number of nitrogens with zero attached hydrogens (tertiary/aromatic N) is 3. The lowest BCUT2D eigenvalue weighted by molar-refractivity contribution is -0.384. The number of hydrogen-bond acceptors (Lipinski definition) is 7. The molecule has 1 heterocycles. The molecule has 1 saturated heterocycles. The molecule has 0 aliphatic carbocycles. The Labute approximate surface area is 249 Å². The van der Waals surface area contributed by atoms with Crippen molar-refractivity contribution in [3.05, 3.63) is 133 Å². The number of hydrogen-bond donors (Lipinski definition) is 0. The molecule has 41 heavy (non-hydrogen) atoms. The summed E-state index contributed by atoms with van der Waals surface area (Å²) in [6.07, 6.45) is 1.83. The summed E-state index contributed by atoms with van der Waals surface area (Å²) in [5.41, 5.74) is 3.22. The first-order valence-corrected chi connectivity index (χ1v) is 14.1. The summed E-state index contributed by atoms with van der Waals surface area (Å²) in [5.74, 6) is 1.19. The second-order valence-corrected chi connectivity index (χ2v) is 10.8. The highest BCUT2D eigenvalue weighted by molar-refractivity contribution is 9.10. The molecule has 0 spiro atoms. The van der Waals surface area contributed by atoms with Crippen molar-refractivity contribution in [3.63, 3.8) is 0 Å². The fourth-order valence-corrected chi connectivity index (χ4v) is 5.56. The molecule has 1 fully saturated rings. The van der Waals surface area contributed by atoms with Crippen LogP contribution in [0.2, 0.25) is 0 Å². The average molecular weight is 631 g/mol. The third kappa shape index (κ3) is 7.03. The minimum atomic E-state index is -0.432. The first-order valence-electron chi connectivity index (χ1n) is 12.5. The summed E-state index contributed by atoms with van der Waals surface area (Å²) < 4.78 is 11.8. The number of nitro benzene ring substituents is 1. The van der Waals surface area contributed by atoms with Crippen LogP contribution in [0.25, 0.3) is 6.08 Å². The van der Waals surface area contributed by atoms with E-state index in [1.807, 2.05) is 72.8 Å². The van der Waals surface area contributed by atoms with E-state index < -0.39 is 4.92 Å². The van der Waals surface area contributed by atoms with Crippen molar-refractivity contribution in [2.75, 3.05) is 7.11 Å². The van der Waals surface area contributed by atoms with Gasteiger partial charge in [0, 0.05) is 12.1 Å². The van der Waals surface area contributed by atoms with Crippen molar-refractivity contribution in [2.24, 2.45) is 4.99 Å². The van der Waals surface area contributed by atoms with Crippen LogP contribution in [-0.2, 0) is 17.9 Å². The summed E-state index contributed by atoms with van der Waals surface area (Å²) in [7, 11) is 1.62. The Morgan fingerprint density at radius 2 is 1.76 bits per heavy atom. The van der Waals surface area contributed by atoms with Crippen LogP contribution in [0.5, 0.6) is 11.5 Å². The van der Waals surface area contributed by atoms with Gasteiger partial charge in [-0.1, -0.05) is 48.5 Å². The number of thioether (sulfide) groups is 1. The minimum Gasteiger partial charge on any atom is -0.497 e. The number of non-ortho nitro benzene ring substituents is 1. The molecule has 4 aromatic carbocycles. The van der Waals surface area contributed by atoms with E-state index in [4.69, 9.17) is 14.5 Å². The van der Waals surface area contributed by atoms with Crippen LogP contribution in [0.1, 0.15) is 16.7 Å². The first-order chi connectivity index (χ1) is 19.9. The van der Waals surface area contributed by atoms with E-state index in [9.17, 15) is 14.9 Å². The van der Waals surface area contributed by atoms with Crippen molar-refractivity contribution >= 4 is 56.2 Å². The normalized spacial score (nSPS) is 15.0. The highest BCUT2D eigenvalue weighted by Gasteiger charge is 2.33. The number of amides is 1. The van der Waals surface area contributed by atoms with Gasteiger partial charge in [-0.05, 0) is 86.9 Å². The molecule has 1 amide bonds. The molecule has 0 saturated carbocycles. The van der Waals surface area contributed by atoms with Crippen molar-refractivity contribution in [2.45, 2.75) is 13.2 Å². The molecule has 0 unspecified atom stereocenters. The first kappa shape index (κ1) is 28.1. The average Bonchev–Trinajstić information content (AvgIpc) is 3.26. The molecule has 0 atom stereocenters.